The summed E-state index contributed by atoms with van der Waals surface area (Å²) in [5, 5.41) is 2.78. The van der Waals surface area contributed by atoms with Gasteiger partial charge in [0.25, 0.3) is 0 Å². The van der Waals surface area contributed by atoms with Crippen molar-refractivity contribution in [2.45, 2.75) is 6.61 Å². The second-order valence-electron chi connectivity index (χ2n) is 6.26. The molecule has 4 rings (SSSR count). The van der Waals surface area contributed by atoms with Crippen molar-refractivity contribution in [1.82, 2.24) is 0 Å². The van der Waals surface area contributed by atoms with Gasteiger partial charge in [-0.3, -0.25) is 0 Å². The van der Waals surface area contributed by atoms with Crippen LogP contribution in [0.4, 0.5) is 0 Å². The highest BCUT2D eigenvalue weighted by Gasteiger charge is 2.20. The van der Waals surface area contributed by atoms with Gasteiger partial charge in [0, 0.05) is 23.3 Å². The van der Waals surface area contributed by atoms with Crippen LogP contribution < -0.4 is 0 Å². The first-order valence-corrected chi connectivity index (χ1v) is 9.78. The van der Waals surface area contributed by atoms with Gasteiger partial charge in [-0.25, -0.2) is 0 Å². The van der Waals surface area contributed by atoms with Crippen LogP contribution in [-0.2, 0) is 11.3 Å². The summed E-state index contributed by atoms with van der Waals surface area (Å²) in [6, 6.07) is 32.2. The molecule has 1 unspecified atom stereocenters. The van der Waals surface area contributed by atoms with Gasteiger partial charge >= 0.3 is 0 Å². The third kappa shape index (κ3) is 3.24. The molecular formula is C24H21OP. The van der Waals surface area contributed by atoms with E-state index in [1.807, 2.05) is 0 Å². The molecule has 0 bridgehead atoms. The van der Waals surface area contributed by atoms with E-state index >= 15 is 0 Å². The summed E-state index contributed by atoms with van der Waals surface area (Å²) in [5.41, 5.74) is 6.49. The van der Waals surface area contributed by atoms with E-state index in [2.05, 4.69) is 91.0 Å². The highest BCUT2D eigenvalue weighted by Crippen LogP contribution is 2.50. The van der Waals surface area contributed by atoms with Gasteiger partial charge in [0.2, 0.25) is 0 Å². The van der Waals surface area contributed by atoms with Gasteiger partial charge in [-0.05, 0) is 22.3 Å². The number of hydrogen-bond donors (Lipinski definition) is 0. The lowest BCUT2D eigenvalue weighted by Crippen LogP contribution is -1.89. The van der Waals surface area contributed by atoms with Crippen molar-refractivity contribution in [2.24, 2.45) is 0 Å². The lowest BCUT2D eigenvalue weighted by atomic mass is 9.93. The molecule has 1 heterocycles. The van der Waals surface area contributed by atoms with Crippen LogP contribution >= 0.6 is 8.19 Å². The number of benzene rings is 3. The second kappa shape index (κ2) is 7.74. The van der Waals surface area contributed by atoms with Gasteiger partial charge < -0.3 is 4.74 Å². The minimum Gasteiger partial charge on any atom is -0.380 e. The summed E-state index contributed by atoms with van der Waals surface area (Å²) in [7, 11) is 2.40. The Balaban J connectivity index is 2.04. The second-order valence-corrected chi connectivity index (χ2v) is 7.61. The van der Waals surface area contributed by atoms with Gasteiger partial charge in [-0.2, -0.15) is 0 Å². The fourth-order valence-electron chi connectivity index (χ4n) is 3.44. The number of rotatable bonds is 5. The SMILES string of the molecule is COCc1[pH]c(-c2ccccc2)c(-c2ccccc2)c1-c1ccccc1. The van der Waals surface area contributed by atoms with Gasteiger partial charge in [-0.15, -0.1) is 8.19 Å². The molecule has 0 aliphatic carbocycles. The van der Waals surface area contributed by atoms with Crippen molar-refractivity contribution >= 4 is 8.19 Å². The fourth-order valence-corrected chi connectivity index (χ4v) is 5.06. The van der Waals surface area contributed by atoms with Gasteiger partial charge in [0.1, 0.15) is 0 Å². The average molecular weight is 356 g/mol. The Morgan fingerprint density at radius 3 is 1.58 bits per heavy atom. The van der Waals surface area contributed by atoms with Crippen molar-refractivity contribution in [3.63, 3.8) is 0 Å². The smallest absolute Gasteiger partial charge is 0.0753 e. The lowest BCUT2D eigenvalue weighted by molar-refractivity contribution is 0.188. The van der Waals surface area contributed by atoms with E-state index in [1.165, 1.54) is 38.4 Å². The summed E-state index contributed by atoms with van der Waals surface area (Å²) in [4.78, 5) is 0. The number of hydrogen-bond acceptors (Lipinski definition) is 1. The van der Waals surface area contributed by atoms with Gasteiger partial charge in [-0.1, -0.05) is 91.0 Å². The predicted molar refractivity (Wildman–Crippen MR) is 113 cm³/mol. The zero-order valence-corrected chi connectivity index (χ0v) is 15.8. The molecule has 0 saturated carbocycles. The Hall–Kier alpha value is -2.60. The van der Waals surface area contributed by atoms with Crippen molar-refractivity contribution in [3.8, 4) is 33.1 Å². The van der Waals surface area contributed by atoms with Crippen molar-refractivity contribution < 1.29 is 4.74 Å². The molecule has 2 heteroatoms. The fraction of sp³-hybridized carbons (Fsp3) is 0.0833. The third-order valence-electron chi connectivity index (χ3n) is 4.55. The maximum Gasteiger partial charge on any atom is 0.0753 e. The Labute approximate surface area is 156 Å². The molecule has 0 fully saturated rings. The van der Waals surface area contributed by atoms with Crippen molar-refractivity contribution in [1.29, 1.82) is 0 Å². The molecule has 0 amide bonds. The summed E-state index contributed by atoms with van der Waals surface area (Å²) in [5.74, 6) is 0. The van der Waals surface area contributed by atoms with Crippen LogP contribution in [0.15, 0.2) is 91.0 Å². The molecule has 1 aromatic heterocycles. The molecule has 4 aromatic rings. The quantitative estimate of drug-likeness (QED) is 0.379. The minimum absolute atomic E-state index is 0.621. The molecule has 26 heavy (non-hydrogen) atoms. The summed E-state index contributed by atoms with van der Waals surface area (Å²) >= 11 is 0. The molecule has 0 spiro atoms. The molecule has 3 aromatic carbocycles. The van der Waals surface area contributed by atoms with Crippen LogP contribution in [-0.4, -0.2) is 7.11 Å². The Kier molecular flexibility index (Phi) is 5.02. The zero-order chi connectivity index (χ0) is 17.8. The molecule has 0 aliphatic rings. The minimum atomic E-state index is 0.621. The zero-order valence-electron chi connectivity index (χ0n) is 14.8. The van der Waals surface area contributed by atoms with Crippen LogP contribution in [0.2, 0.25) is 0 Å². The standard InChI is InChI=1S/C24H21OP/c1-25-17-21-22(18-11-5-2-6-12-18)23(19-13-7-3-8-14-19)24(26-21)20-15-9-4-10-16-20/h2-16,26H,17H2,1H3. The normalized spacial score (nSPS) is 11.1. The van der Waals surface area contributed by atoms with Crippen LogP contribution in [0.5, 0.6) is 0 Å². The van der Waals surface area contributed by atoms with E-state index in [-0.39, 0.29) is 0 Å². The van der Waals surface area contributed by atoms with E-state index in [9.17, 15) is 0 Å². The number of ether oxygens (including phenoxy) is 1. The third-order valence-corrected chi connectivity index (χ3v) is 6.04. The number of methoxy groups -OCH3 is 1. The Bertz CT molecular complexity index is 973. The Morgan fingerprint density at radius 1 is 0.615 bits per heavy atom. The van der Waals surface area contributed by atoms with Crippen molar-refractivity contribution in [2.75, 3.05) is 7.11 Å². The molecule has 0 N–H and O–H groups in total. The monoisotopic (exact) mass is 356 g/mol. The summed E-state index contributed by atoms with van der Waals surface area (Å²) < 4.78 is 5.57. The van der Waals surface area contributed by atoms with Crippen LogP contribution in [0.1, 0.15) is 5.30 Å². The van der Waals surface area contributed by atoms with E-state index in [0.29, 0.717) is 14.8 Å². The molecule has 0 aliphatic heterocycles. The summed E-state index contributed by atoms with van der Waals surface area (Å²) in [6.45, 7) is 0.662. The van der Waals surface area contributed by atoms with E-state index in [4.69, 9.17) is 4.74 Å². The highest BCUT2D eigenvalue weighted by molar-refractivity contribution is 7.36. The van der Waals surface area contributed by atoms with Gasteiger partial charge in [0.15, 0.2) is 0 Å². The summed E-state index contributed by atoms with van der Waals surface area (Å²) in [6.07, 6.45) is 0. The average Bonchev–Trinajstić information content (AvgIpc) is 3.09. The maximum atomic E-state index is 5.57. The molecule has 128 valence electrons. The first-order chi connectivity index (χ1) is 12.9. The maximum absolute atomic E-state index is 5.57. The molecule has 0 saturated heterocycles. The first-order valence-electron chi connectivity index (χ1n) is 8.78. The van der Waals surface area contributed by atoms with Crippen LogP contribution in [0, 0.1) is 0 Å². The Morgan fingerprint density at radius 2 is 1.08 bits per heavy atom. The van der Waals surface area contributed by atoms with Crippen LogP contribution in [0.3, 0.4) is 0 Å². The molecule has 1 atom stereocenters. The highest BCUT2D eigenvalue weighted by atomic mass is 31.0. The first kappa shape index (κ1) is 16.8. The molecule has 0 radical (unpaired) electrons. The largest absolute Gasteiger partial charge is 0.380 e. The molecular weight excluding hydrogens is 335 g/mol. The van der Waals surface area contributed by atoms with E-state index in [0.717, 1.165) is 0 Å². The predicted octanol–water partition coefficient (Wildman–Crippen LogP) is 6.87. The topological polar surface area (TPSA) is 9.23 Å². The van der Waals surface area contributed by atoms with Crippen LogP contribution in [0.25, 0.3) is 33.1 Å². The molecule has 1 nitrogen and oxygen atoms in total. The van der Waals surface area contributed by atoms with Crippen molar-refractivity contribution in [3.05, 3.63) is 96.3 Å². The van der Waals surface area contributed by atoms with E-state index in [1.54, 1.807) is 7.11 Å². The lowest BCUT2D eigenvalue weighted by Gasteiger charge is -2.11. The van der Waals surface area contributed by atoms with Gasteiger partial charge in [0.05, 0.1) is 6.61 Å². The van der Waals surface area contributed by atoms with E-state index < -0.39 is 0 Å².